The number of hydrogen-bond acceptors (Lipinski definition) is 5. The van der Waals surface area contributed by atoms with Crippen molar-refractivity contribution >= 4 is 5.91 Å². The van der Waals surface area contributed by atoms with E-state index in [9.17, 15) is 26.7 Å². The van der Waals surface area contributed by atoms with Crippen molar-refractivity contribution in [3.05, 3.63) is 65.6 Å². The van der Waals surface area contributed by atoms with Gasteiger partial charge in [-0.2, -0.15) is 23.4 Å². The lowest BCUT2D eigenvalue weighted by Crippen LogP contribution is -2.51. The van der Waals surface area contributed by atoms with Gasteiger partial charge in [0, 0.05) is 12.7 Å². The first kappa shape index (κ1) is 22.6. The lowest BCUT2D eigenvalue weighted by Gasteiger charge is -2.39. The van der Waals surface area contributed by atoms with E-state index in [0.717, 1.165) is 4.80 Å². The van der Waals surface area contributed by atoms with Crippen LogP contribution in [-0.2, 0) is 6.18 Å². The van der Waals surface area contributed by atoms with Gasteiger partial charge >= 0.3 is 6.18 Å². The zero-order chi connectivity index (χ0) is 23.8. The number of amides is 1. The number of carbonyl (C=O) groups excluding carboxylic acids is 1. The summed E-state index contributed by atoms with van der Waals surface area (Å²) in [6, 6.07) is 3.73. The van der Waals surface area contributed by atoms with Crippen LogP contribution < -0.4 is 4.74 Å². The Labute approximate surface area is 184 Å². The van der Waals surface area contributed by atoms with Gasteiger partial charge in [-0.1, -0.05) is 6.07 Å². The molecule has 0 bridgehead atoms. The molecule has 1 aliphatic heterocycles. The van der Waals surface area contributed by atoms with Crippen molar-refractivity contribution in [2.24, 2.45) is 0 Å². The smallest absolute Gasteiger partial charge is 0.417 e. The lowest BCUT2D eigenvalue weighted by molar-refractivity contribution is -0.138. The van der Waals surface area contributed by atoms with Gasteiger partial charge in [0.1, 0.15) is 11.8 Å². The number of piperidine rings is 1. The molecular weight excluding hydrogens is 449 g/mol. The summed E-state index contributed by atoms with van der Waals surface area (Å²) >= 11 is 0. The molecule has 33 heavy (non-hydrogen) atoms. The van der Waals surface area contributed by atoms with Crippen LogP contribution in [0.1, 0.15) is 35.7 Å². The van der Waals surface area contributed by atoms with Gasteiger partial charge in [0.25, 0.3) is 11.8 Å². The van der Waals surface area contributed by atoms with Crippen molar-refractivity contribution in [3.8, 4) is 11.6 Å². The summed E-state index contributed by atoms with van der Waals surface area (Å²) in [6.45, 7) is 1.99. The topological polar surface area (TPSA) is 73.1 Å². The number of carbonyl (C=O) groups is 1. The van der Waals surface area contributed by atoms with Gasteiger partial charge in [-0.15, -0.1) is 4.80 Å². The Bertz CT molecular complexity index is 1150. The fraction of sp³-hybridized carbons (Fsp3) is 0.333. The Morgan fingerprint density at radius 3 is 2.55 bits per heavy atom. The fourth-order valence-electron chi connectivity index (χ4n) is 3.74. The number of benzene rings is 1. The number of halogens is 5. The van der Waals surface area contributed by atoms with E-state index in [1.165, 1.54) is 35.5 Å². The number of ether oxygens (including phenoxy) is 1. The van der Waals surface area contributed by atoms with Crippen LogP contribution >= 0.6 is 0 Å². The Morgan fingerprint density at radius 2 is 1.88 bits per heavy atom. The van der Waals surface area contributed by atoms with Crippen LogP contribution in [-0.4, -0.2) is 49.5 Å². The third-order valence-electron chi connectivity index (χ3n) is 5.41. The van der Waals surface area contributed by atoms with Crippen molar-refractivity contribution in [2.45, 2.75) is 38.1 Å². The maximum Gasteiger partial charge on any atom is 0.417 e. The number of rotatable bonds is 4. The van der Waals surface area contributed by atoms with Crippen molar-refractivity contribution in [1.82, 2.24) is 24.9 Å². The maximum atomic E-state index is 14.5. The fourth-order valence-corrected chi connectivity index (χ4v) is 3.74. The summed E-state index contributed by atoms with van der Waals surface area (Å²) in [7, 11) is 0. The second kappa shape index (κ2) is 8.75. The van der Waals surface area contributed by atoms with E-state index in [2.05, 4.69) is 15.2 Å². The SMILES string of the molecule is CC1C(Oc2ncc(C(F)(F)F)cc2F)CCCN1C(=O)c1cccc(F)c1-n1nccn1. The minimum atomic E-state index is -4.74. The van der Waals surface area contributed by atoms with Gasteiger partial charge < -0.3 is 9.64 Å². The van der Waals surface area contributed by atoms with Crippen LogP contribution in [0.15, 0.2) is 42.9 Å². The average molecular weight is 467 g/mol. The molecule has 3 heterocycles. The Morgan fingerprint density at radius 1 is 1.15 bits per heavy atom. The van der Waals surface area contributed by atoms with E-state index in [4.69, 9.17) is 4.74 Å². The summed E-state index contributed by atoms with van der Waals surface area (Å²) in [6.07, 6.45) is -1.39. The largest absolute Gasteiger partial charge is 0.470 e. The molecule has 0 radical (unpaired) electrons. The molecule has 174 valence electrons. The van der Waals surface area contributed by atoms with E-state index in [-0.39, 0.29) is 11.3 Å². The predicted molar refractivity (Wildman–Crippen MR) is 105 cm³/mol. The monoisotopic (exact) mass is 467 g/mol. The third-order valence-corrected chi connectivity index (χ3v) is 5.41. The minimum Gasteiger partial charge on any atom is -0.470 e. The molecule has 7 nitrogen and oxygen atoms in total. The number of para-hydroxylation sites is 1. The minimum absolute atomic E-state index is 0.0255. The van der Waals surface area contributed by atoms with E-state index < -0.39 is 47.3 Å². The van der Waals surface area contributed by atoms with Crippen LogP contribution in [0.3, 0.4) is 0 Å². The van der Waals surface area contributed by atoms with Crippen LogP contribution in [0.5, 0.6) is 5.88 Å². The first-order valence-electron chi connectivity index (χ1n) is 10.0. The predicted octanol–water partition coefficient (Wildman–Crippen LogP) is 4.03. The zero-order valence-corrected chi connectivity index (χ0v) is 17.3. The Kier molecular flexibility index (Phi) is 6.00. The van der Waals surface area contributed by atoms with Crippen molar-refractivity contribution in [1.29, 1.82) is 0 Å². The molecule has 0 spiro atoms. The van der Waals surface area contributed by atoms with E-state index in [1.54, 1.807) is 6.92 Å². The van der Waals surface area contributed by atoms with E-state index in [0.29, 0.717) is 31.6 Å². The highest BCUT2D eigenvalue weighted by Crippen LogP contribution is 2.32. The second-order valence-corrected chi connectivity index (χ2v) is 7.50. The summed E-state index contributed by atoms with van der Waals surface area (Å²) < 4.78 is 72.6. The lowest BCUT2D eigenvalue weighted by atomic mass is 9.98. The first-order chi connectivity index (χ1) is 15.7. The van der Waals surface area contributed by atoms with Gasteiger partial charge in [0.05, 0.1) is 29.6 Å². The molecule has 1 saturated heterocycles. The second-order valence-electron chi connectivity index (χ2n) is 7.50. The van der Waals surface area contributed by atoms with Gasteiger partial charge in [0.2, 0.25) is 0 Å². The molecule has 2 aromatic heterocycles. The average Bonchev–Trinajstić information content (AvgIpc) is 3.29. The van der Waals surface area contributed by atoms with Gasteiger partial charge in [-0.25, -0.2) is 13.8 Å². The molecule has 0 N–H and O–H groups in total. The number of hydrogen-bond donors (Lipinski definition) is 0. The highest BCUT2D eigenvalue weighted by molar-refractivity contribution is 5.98. The zero-order valence-electron chi connectivity index (χ0n) is 17.3. The molecule has 0 saturated carbocycles. The molecule has 1 fully saturated rings. The van der Waals surface area contributed by atoms with Crippen LogP contribution in [0.2, 0.25) is 0 Å². The molecular formula is C21H18F5N5O2. The third kappa shape index (κ3) is 4.50. The highest BCUT2D eigenvalue weighted by atomic mass is 19.4. The van der Waals surface area contributed by atoms with Gasteiger partial charge in [-0.3, -0.25) is 4.79 Å². The molecule has 1 aromatic carbocycles. The van der Waals surface area contributed by atoms with E-state index >= 15 is 0 Å². The Balaban J connectivity index is 1.57. The molecule has 3 aromatic rings. The highest BCUT2D eigenvalue weighted by Gasteiger charge is 2.36. The molecule has 12 heteroatoms. The van der Waals surface area contributed by atoms with Crippen LogP contribution in [0, 0.1) is 11.6 Å². The number of nitrogens with zero attached hydrogens (tertiary/aromatic N) is 5. The van der Waals surface area contributed by atoms with Crippen LogP contribution in [0.25, 0.3) is 5.69 Å². The molecule has 0 aliphatic carbocycles. The Hall–Kier alpha value is -3.57. The molecule has 4 rings (SSSR count). The normalized spacial score (nSPS) is 18.9. The summed E-state index contributed by atoms with van der Waals surface area (Å²) in [5, 5.41) is 7.80. The molecule has 2 atom stereocenters. The van der Waals surface area contributed by atoms with Crippen molar-refractivity contribution < 1.29 is 31.5 Å². The van der Waals surface area contributed by atoms with Crippen molar-refractivity contribution in [2.75, 3.05) is 6.54 Å². The van der Waals surface area contributed by atoms with Crippen LogP contribution in [0.4, 0.5) is 22.0 Å². The summed E-state index contributed by atoms with van der Waals surface area (Å²) in [4.78, 5) is 19.2. The number of likely N-dealkylation sites (tertiary alicyclic amines) is 1. The quantitative estimate of drug-likeness (QED) is 0.542. The first-order valence-corrected chi connectivity index (χ1v) is 10.0. The maximum absolute atomic E-state index is 14.5. The number of pyridine rings is 1. The standard InChI is InChI=1S/C21H18F5N5O2/c1-12-17(33-19-16(23)10-13(11-27-19)21(24,25)26)6-3-9-30(12)20(32)14-4-2-5-15(22)18(14)31-28-7-8-29-31/h2,4-5,7-8,10-12,17H,3,6,9H2,1H3. The molecule has 1 aliphatic rings. The summed E-state index contributed by atoms with van der Waals surface area (Å²) in [5.74, 6) is -3.03. The van der Waals surface area contributed by atoms with Gasteiger partial charge in [-0.05, 0) is 38.0 Å². The number of alkyl halides is 3. The van der Waals surface area contributed by atoms with Gasteiger partial charge in [0.15, 0.2) is 11.6 Å². The number of aromatic nitrogens is 4. The van der Waals surface area contributed by atoms with E-state index in [1.807, 2.05) is 0 Å². The molecule has 1 amide bonds. The summed E-state index contributed by atoms with van der Waals surface area (Å²) in [5.41, 5.74) is -1.32. The molecule has 2 unspecified atom stereocenters. The van der Waals surface area contributed by atoms with Crippen molar-refractivity contribution in [3.63, 3.8) is 0 Å².